The van der Waals surface area contributed by atoms with Crippen LogP contribution in [-0.4, -0.2) is 36.0 Å². The summed E-state index contributed by atoms with van der Waals surface area (Å²) in [6.07, 6.45) is 1.76. The average molecular weight is 293 g/mol. The highest BCUT2D eigenvalue weighted by molar-refractivity contribution is 5.39. The van der Waals surface area contributed by atoms with Crippen molar-refractivity contribution >= 4 is 5.69 Å². The number of hydrogen-bond acceptors (Lipinski definition) is 4. The summed E-state index contributed by atoms with van der Waals surface area (Å²) in [7, 11) is 0. The van der Waals surface area contributed by atoms with Gasteiger partial charge < -0.3 is 10.6 Å². The molecule has 5 heteroatoms. The van der Waals surface area contributed by atoms with Crippen molar-refractivity contribution in [2.75, 3.05) is 26.2 Å². The largest absolute Gasteiger partial charge is 0.330 e. The highest BCUT2D eigenvalue weighted by Gasteiger charge is 2.20. The molecule has 118 valence electrons. The summed E-state index contributed by atoms with van der Waals surface area (Å²) in [4.78, 5) is 13.1. The van der Waals surface area contributed by atoms with E-state index in [1.54, 1.807) is 12.1 Å². The van der Waals surface area contributed by atoms with Gasteiger partial charge in [0, 0.05) is 24.7 Å². The Hall–Kier alpha value is -1.46. The van der Waals surface area contributed by atoms with Crippen molar-refractivity contribution in [1.82, 2.24) is 4.90 Å². The van der Waals surface area contributed by atoms with E-state index in [0.717, 1.165) is 31.6 Å². The second kappa shape index (κ2) is 8.10. The van der Waals surface area contributed by atoms with E-state index in [9.17, 15) is 10.1 Å². The summed E-state index contributed by atoms with van der Waals surface area (Å²) in [5, 5.41) is 11.0. The van der Waals surface area contributed by atoms with Crippen molar-refractivity contribution in [1.29, 1.82) is 0 Å². The van der Waals surface area contributed by atoms with Crippen LogP contribution in [0.25, 0.3) is 0 Å². The van der Waals surface area contributed by atoms with Crippen molar-refractivity contribution < 1.29 is 4.92 Å². The summed E-state index contributed by atoms with van der Waals surface area (Å²) < 4.78 is 0. The van der Waals surface area contributed by atoms with Gasteiger partial charge in [0.2, 0.25) is 0 Å². The molecular weight excluding hydrogens is 266 g/mol. The van der Waals surface area contributed by atoms with Crippen molar-refractivity contribution in [2.24, 2.45) is 11.1 Å². The van der Waals surface area contributed by atoms with Gasteiger partial charge in [0.05, 0.1) is 4.92 Å². The minimum absolute atomic E-state index is 0.0673. The number of nitro groups is 1. The molecule has 0 aromatic heterocycles. The van der Waals surface area contributed by atoms with Crippen LogP contribution in [0.3, 0.4) is 0 Å². The Kier molecular flexibility index (Phi) is 6.78. The lowest BCUT2D eigenvalue weighted by Gasteiger charge is -2.31. The Morgan fingerprint density at radius 3 is 2.52 bits per heavy atom. The number of nitro benzene ring substituents is 1. The van der Waals surface area contributed by atoms with Crippen molar-refractivity contribution in [3.8, 4) is 0 Å². The van der Waals surface area contributed by atoms with Crippen LogP contribution < -0.4 is 5.73 Å². The number of rotatable bonds is 9. The van der Waals surface area contributed by atoms with Crippen molar-refractivity contribution in [3.05, 3.63) is 39.9 Å². The highest BCUT2D eigenvalue weighted by Crippen LogP contribution is 2.20. The first kappa shape index (κ1) is 17.6. The van der Waals surface area contributed by atoms with Crippen molar-refractivity contribution in [2.45, 2.75) is 33.6 Å². The Balaban J connectivity index is 2.71. The third kappa shape index (κ3) is 5.81. The van der Waals surface area contributed by atoms with Gasteiger partial charge in [-0.2, -0.15) is 0 Å². The number of para-hydroxylation sites is 1. The van der Waals surface area contributed by atoms with Gasteiger partial charge in [-0.05, 0) is 31.3 Å². The molecule has 0 amide bonds. The number of nitrogens with two attached hydrogens (primary N) is 1. The average Bonchev–Trinajstić information content (AvgIpc) is 2.45. The molecule has 0 unspecified atom stereocenters. The Bertz CT molecular complexity index is 461. The van der Waals surface area contributed by atoms with Gasteiger partial charge in [0.1, 0.15) is 0 Å². The highest BCUT2D eigenvalue weighted by atomic mass is 16.6. The lowest BCUT2D eigenvalue weighted by atomic mass is 9.93. The third-order valence-electron chi connectivity index (χ3n) is 3.63. The van der Waals surface area contributed by atoms with Crippen LogP contribution in [0.5, 0.6) is 0 Å². The summed E-state index contributed by atoms with van der Waals surface area (Å²) >= 11 is 0. The third-order valence-corrected chi connectivity index (χ3v) is 3.63. The molecule has 0 saturated heterocycles. The maximum Gasteiger partial charge on any atom is 0.272 e. The molecule has 0 bridgehead atoms. The molecule has 0 aliphatic rings. The lowest BCUT2D eigenvalue weighted by molar-refractivity contribution is -0.385. The van der Waals surface area contributed by atoms with E-state index in [-0.39, 0.29) is 16.0 Å². The number of nitrogens with zero attached hydrogens (tertiary/aromatic N) is 2. The van der Waals surface area contributed by atoms with E-state index in [0.29, 0.717) is 13.0 Å². The van der Waals surface area contributed by atoms with Crippen LogP contribution in [0, 0.1) is 15.5 Å². The second-order valence-corrected chi connectivity index (χ2v) is 6.28. The predicted octanol–water partition coefficient (Wildman–Crippen LogP) is 2.83. The van der Waals surface area contributed by atoms with Crippen LogP contribution in [0.4, 0.5) is 5.69 Å². The van der Waals surface area contributed by atoms with E-state index in [4.69, 9.17) is 5.73 Å². The summed E-state index contributed by atoms with van der Waals surface area (Å²) in [5.74, 6) is 0. The Morgan fingerprint density at radius 1 is 1.29 bits per heavy atom. The molecule has 0 heterocycles. The molecule has 0 spiro atoms. The van der Waals surface area contributed by atoms with Gasteiger partial charge >= 0.3 is 0 Å². The minimum atomic E-state index is -0.302. The molecular formula is C16H27N3O2. The molecule has 2 N–H and O–H groups in total. The monoisotopic (exact) mass is 293 g/mol. The standard InChI is InChI=1S/C16H27N3O2/c1-4-10-18(13-16(2,3)12-17)11-9-14-7-5-6-8-15(14)19(20)21/h5-8H,4,9-13,17H2,1-3H3. The quantitative estimate of drug-likeness (QED) is 0.561. The molecule has 0 saturated carbocycles. The van der Waals surface area contributed by atoms with Crippen LogP contribution in [0.2, 0.25) is 0 Å². The minimum Gasteiger partial charge on any atom is -0.330 e. The number of benzene rings is 1. The summed E-state index contributed by atoms with van der Waals surface area (Å²) in [5.41, 5.74) is 6.89. The van der Waals surface area contributed by atoms with Gasteiger partial charge in [-0.1, -0.05) is 39.0 Å². The molecule has 0 fully saturated rings. The van der Waals surface area contributed by atoms with Gasteiger partial charge in [0.25, 0.3) is 5.69 Å². The van der Waals surface area contributed by atoms with E-state index < -0.39 is 0 Å². The lowest BCUT2D eigenvalue weighted by Crippen LogP contribution is -2.40. The zero-order chi connectivity index (χ0) is 15.9. The van der Waals surface area contributed by atoms with E-state index in [2.05, 4.69) is 25.7 Å². The summed E-state index contributed by atoms with van der Waals surface area (Å²) in [6.45, 7) is 9.82. The van der Waals surface area contributed by atoms with Gasteiger partial charge in [-0.25, -0.2) is 0 Å². The maximum atomic E-state index is 11.0. The smallest absolute Gasteiger partial charge is 0.272 e. The first-order valence-corrected chi connectivity index (χ1v) is 7.54. The van der Waals surface area contributed by atoms with Crippen molar-refractivity contribution in [3.63, 3.8) is 0 Å². The zero-order valence-corrected chi connectivity index (χ0v) is 13.3. The Labute approximate surface area is 127 Å². The molecule has 1 aromatic rings. The van der Waals surface area contributed by atoms with Crippen LogP contribution in [0.15, 0.2) is 24.3 Å². The Morgan fingerprint density at radius 2 is 1.95 bits per heavy atom. The molecule has 0 radical (unpaired) electrons. The first-order chi connectivity index (χ1) is 9.89. The molecule has 0 aliphatic carbocycles. The first-order valence-electron chi connectivity index (χ1n) is 7.54. The zero-order valence-electron chi connectivity index (χ0n) is 13.3. The second-order valence-electron chi connectivity index (χ2n) is 6.28. The fourth-order valence-electron chi connectivity index (χ4n) is 2.43. The van der Waals surface area contributed by atoms with Gasteiger partial charge in [-0.3, -0.25) is 10.1 Å². The van der Waals surface area contributed by atoms with Gasteiger partial charge in [-0.15, -0.1) is 0 Å². The molecule has 5 nitrogen and oxygen atoms in total. The molecule has 1 aromatic carbocycles. The number of hydrogen-bond donors (Lipinski definition) is 1. The summed E-state index contributed by atoms with van der Waals surface area (Å²) in [6, 6.07) is 6.99. The van der Waals surface area contributed by atoms with E-state index in [1.165, 1.54) is 0 Å². The molecule has 21 heavy (non-hydrogen) atoms. The van der Waals surface area contributed by atoms with Gasteiger partial charge in [0.15, 0.2) is 0 Å². The normalized spacial score (nSPS) is 11.9. The predicted molar refractivity (Wildman–Crippen MR) is 86.4 cm³/mol. The van der Waals surface area contributed by atoms with Crippen LogP contribution >= 0.6 is 0 Å². The topological polar surface area (TPSA) is 72.4 Å². The molecule has 1 rings (SSSR count). The van der Waals surface area contributed by atoms with Crippen LogP contribution in [-0.2, 0) is 6.42 Å². The molecule has 0 atom stereocenters. The maximum absolute atomic E-state index is 11.0. The van der Waals surface area contributed by atoms with E-state index in [1.807, 2.05) is 12.1 Å². The van der Waals surface area contributed by atoms with Crippen LogP contribution in [0.1, 0.15) is 32.8 Å². The molecule has 0 aliphatic heterocycles. The SMILES string of the molecule is CCCN(CCc1ccccc1[N+](=O)[O-])CC(C)(C)CN. The fourth-order valence-corrected chi connectivity index (χ4v) is 2.43. The van der Waals surface area contributed by atoms with E-state index >= 15 is 0 Å². The fraction of sp³-hybridized carbons (Fsp3) is 0.625.